The number of carboxylic acid groups (broad SMARTS) is 1. The van der Waals surface area contributed by atoms with E-state index in [0.717, 1.165) is 67.7 Å². The third-order valence-electron chi connectivity index (χ3n) is 8.76. The van der Waals surface area contributed by atoms with E-state index in [1.54, 1.807) is 6.07 Å². The van der Waals surface area contributed by atoms with Gasteiger partial charge in [0.2, 0.25) is 0 Å². The topological polar surface area (TPSA) is 69.3 Å². The summed E-state index contributed by atoms with van der Waals surface area (Å²) in [6, 6.07) is 52.1. The van der Waals surface area contributed by atoms with Gasteiger partial charge >= 0.3 is 5.97 Å². The molecule has 1 aromatic heterocycles. The Morgan fingerprint density at radius 2 is 1.12 bits per heavy atom. The predicted octanol–water partition coefficient (Wildman–Crippen LogP) is 11.1. The molecule has 0 fully saturated rings. The monoisotopic (exact) mass is 635 g/mol. The lowest BCUT2D eigenvalue weighted by Crippen LogP contribution is -2.09. The van der Waals surface area contributed by atoms with Crippen molar-refractivity contribution in [1.82, 2.24) is 4.57 Å². The lowest BCUT2D eigenvalue weighted by Gasteiger charge is -2.25. The molecule has 7 aromatic rings. The fourth-order valence-corrected chi connectivity index (χ4v) is 6.37. The molecule has 0 aliphatic rings. The van der Waals surface area contributed by atoms with Gasteiger partial charge in [-0.2, -0.15) is 5.26 Å². The lowest BCUT2D eigenvalue weighted by molar-refractivity contribution is -0.132. The van der Waals surface area contributed by atoms with Crippen LogP contribution in [0.2, 0.25) is 0 Å². The van der Waals surface area contributed by atoms with Crippen LogP contribution in [0.5, 0.6) is 0 Å². The molecule has 5 heteroatoms. The maximum Gasteiger partial charge on any atom is 0.346 e. The molecule has 0 bridgehead atoms. The number of hydrogen-bond donors (Lipinski definition) is 1. The van der Waals surface area contributed by atoms with E-state index >= 15 is 0 Å². The Bertz CT molecular complexity index is 2340. The molecule has 0 radical (unpaired) electrons. The highest BCUT2D eigenvalue weighted by atomic mass is 16.4. The third kappa shape index (κ3) is 6.36. The minimum atomic E-state index is -1.23. The van der Waals surface area contributed by atoms with Gasteiger partial charge < -0.3 is 14.6 Å². The number of benzene rings is 6. The summed E-state index contributed by atoms with van der Waals surface area (Å²) in [5, 5.41) is 20.7. The van der Waals surface area contributed by atoms with Gasteiger partial charge in [-0.3, -0.25) is 0 Å². The Balaban J connectivity index is 1.13. The van der Waals surface area contributed by atoms with Crippen molar-refractivity contribution in [3.63, 3.8) is 0 Å². The van der Waals surface area contributed by atoms with Gasteiger partial charge in [-0.1, -0.05) is 97.1 Å². The van der Waals surface area contributed by atoms with E-state index in [1.807, 2.05) is 30.3 Å². The van der Waals surface area contributed by atoms with E-state index < -0.39 is 5.97 Å². The molecule has 0 aliphatic carbocycles. The smallest absolute Gasteiger partial charge is 0.346 e. The zero-order valence-electron chi connectivity index (χ0n) is 27.0. The normalized spacial score (nSPS) is 11.6. The summed E-state index contributed by atoms with van der Waals surface area (Å²) in [5.41, 5.74) is 10.4. The van der Waals surface area contributed by atoms with Gasteiger partial charge in [0.15, 0.2) is 0 Å². The van der Waals surface area contributed by atoms with Crippen molar-refractivity contribution in [2.24, 2.45) is 0 Å². The fraction of sp³-hybridized carbons (Fsp3) is 0.0455. The number of aliphatic carboxylic acids is 1. The Hall–Kier alpha value is -6.64. The molecule has 1 N–H and O–H groups in total. The molecular weight excluding hydrogens is 603 g/mol. The first-order valence-electron chi connectivity index (χ1n) is 16.2. The number of hydrogen-bond acceptors (Lipinski definition) is 3. The zero-order chi connectivity index (χ0) is 33.7. The first-order chi connectivity index (χ1) is 24.0. The van der Waals surface area contributed by atoms with E-state index in [-0.39, 0.29) is 5.57 Å². The average Bonchev–Trinajstić information content (AvgIpc) is 3.46. The molecule has 0 unspecified atom stereocenters. The largest absolute Gasteiger partial charge is 0.477 e. The number of para-hydroxylation sites is 2. The first-order valence-corrected chi connectivity index (χ1v) is 16.2. The molecule has 49 heavy (non-hydrogen) atoms. The van der Waals surface area contributed by atoms with Gasteiger partial charge in [0.05, 0.1) is 0 Å². The van der Waals surface area contributed by atoms with Crippen molar-refractivity contribution < 1.29 is 9.90 Å². The minimum absolute atomic E-state index is 0.289. The van der Waals surface area contributed by atoms with Crippen LogP contribution < -0.4 is 4.90 Å². The van der Waals surface area contributed by atoms with Gasteiger partial charge in [-0.15, -0.1) is 0 Å². The van der Waals surface area contributed by atoms with Crippen molar-refractivity contribution >= 4 is 63.1 Å². The van der Waals surface area contributed by atoms with E-state index in [4.69, 9.17) is 0 Å². The van der Waals surface area contributed by atoms with Crippen LogP contribution in [-0.4, -0.2) is 15.6 Å². The highest BCUT2D eigenvalue weighted by Gasteiger charge is 2.13. The van der Waals surface area contributed by atoms with Crippen LogP contribution in [0.1, 0.15) is 23.6 Å². The Kier molecular flexibility index (Phi) is 8.61. The Morgan fingerprint density at radius 1 is 0.653 bits per heavy atom. The Morgan fingerprint density at radius 3 is 1.65 bits per heavy atom. The molecular formula is C44H33N3O2. The summed E-state index contributed by atoms with van der Waals surface area (Å²) in [5.74, 6) is -1.23. The van der Waals surface area contributed by atoms with E-state index in [9.17, 15) is 15.2 Å². The van der Waals surface area contributed by atoms with Gasteiger partial charge in [-0.25, -0.2) is 4.79 Å². The number of aryl methyl sites for hydroxylation is 1. The van der Waals surface area contributed by atoms with Crippen LogP contribution in [-0.2, 0) is 11.3 Å². The molecule has 0 spiro atoms. The summed E-state index contributed by atoms with van der Waals surface area (Å²) < 4.78 is 2.25. The van der Waals surface area contributed by atoms with Gasteiger partial charge in [-0.05, 0) is 101 Å². The van der Waals surface area contributed by atoms with Crippen LogP contribution >= 0.6 is 0 Å². The maximum absolute atomic E-state index is 11.4. The number of rotatable bonds is 9. The summed E-state index contributed by atoms with van der Waals surface area (Å²) >= 11 is 0. The van der Waals surface area contributed by atoms with E-state index in [2.05, 4.69) is 144 Å². The van der Waals surface area contributed by atoms with Crippen molar-refractivity contribution in [1.29, 1.82) is 5.26 Å². The second-order valence-electron chi connectivity index (χ2n) is 11.8. The minimum Gasteiger partial charge on any atom is -0.477 e. The summed E-state index contributed by atoms with van der Waals surface area (Å²) in [6.07, 6.45) is 5.65. The summed E-state index contributed by atoms with van der Waals surface area (Å²) in [4.78, 5) is 13.7. The van der Waals surface area contributed by atoms with Crippen molar-refractivity contribution in [3.8, 4) is 17.2 Å². The number of nitrogens with zero attached hydrogens (tertiary/aromatic N) is 3. The molecule has 0 amide bonds. The molecule has 0 saturated heterocycles. The van der Waals surface area contributed by atoms with Gasteiger partial charge in [0.1, 0.15) is 11.6 Å². The molecule has 1 heterocycles. The second kappa shape index (κ2) is 13.6. The number of aromatic nitrogens is 1. The SMILES string of the molecule is CCn1c2ccc(C=Cc3ccc(-c4ccc(N(c5ccccc5)c5ccccc5)cc4)cc3)cc2c2cc(C=C(C#N)C(=O)O)ccc21. The number of carbonyl (C=O) groups is 1. The van der Waals surface area contributed by atoms with Crippen LogP contribution in [0.25, 0.3) is 51.2 Å². The van der Waals surface area contributed by atoms with Gasteiger partial charge in [0, 0.05) is 45.4 Å². The highest BCUT2D eigenvalue weighted by Crippen LogP contribution is 2.36. The van der Waals surface area contributed by atoms with Crippen LogP contribution in [0, 0.1) is 11.3 Å². The van der Waals surface area contributed by atoms with Crippen LogP contribution in [0.15, 0.2) is 151 Å². The number of carboxylic acids is 1. The number of fused-ring (bicyclic) bond motifs is 3. The van der Waals surface area contributed by atoms with Crippen molar-refractivity contribution in [3.05, 3.63) is 168 Å². The predicted molar refractivity (Wildman–Crippen MR) is 202 cm³/mol. The molecule has 0 aliphatic heterocycles. The van der Waals surface area contributed by atoms with Crippen molar-refractivity contribution in [2.75, 3.05) is 4.90 Å². The molecule has 7 rings (SSSR count). The average molecular weight is 636 g/mol. The first kappa shape index (κ1) is 31.0. The number of anilines is 3. The summed E-state index contributed by atoms with van der Waals surface area (Å²) in [7, 11) is 0. The second-order valence-corrected chi connectivity index (χ2v) is 11.8. The van der Waals surface area contributed by atoms with Crippen LogP contribution in [0.3, 0.4) is 0 Å². The number of nitriles is 1. The fourth-order valence-electron chi connectivity index (χ4n) is 6.37. The maximum atomic E-state index is 11.4. The third-order valence-corrected chi connectivity index (χ3v) is 8.76. The van der Waals surface area contributed by atoms with Gasteiger partial charge in [0.25, 0.3) is 0 Å². The molecule has 0 saturated carbocycles. The standard InChI is InChI=1S/C44H33N3O2/c1-2-46-42-25-17-32(28-40(42)41-29-33(18-26-43(41)46)27-36(30-45)44(48)49)14-13-31-15-19-34(20-16-31)35-21-23-39(24-22-35)47(37-9-5-3-6-10-37)38-11-7-4-8-12-38/h3-29H,2H2,1H3,(H,48,49). The summed E-state index contributed by atoms with van der Waals surface area (Å²) in [6.45, 7) is 2.91. The van der Waals surface area contributed by atoms with Crippen LogP contribution in [0.4, 0.5) is 17.1 Å². The van der Waals surface area contributed by atoms with E-state index in [0.29, 0.717) is 5.56 Å². The molecule has 6 aromatic carbocycles. The molecule has 5 nitrogen and oxygen atoms in total. The Labute approximate surface area is 285 Å². The highest BCUT2D eigenvalue weighted by molar-refractivity contribution is 6.10. The quantitative estimate of drug-likeness (QED) is 0.0973. The van der Waals surface area contributed by atoms with Crippen molar-refractivity contribution in [2.45, 2.75) is 13.5 Å². The molecule has 236 valence electrons. The zero-order valence-corrected chi connectivity index (χ0v) is 27.0. The molecule has 0 atom stereocenters. The lowest BCUT2D eigenvalue weighted by atomic mass is 10.0. The van der Waals surface area contributed by atoms with E-state index in [1.165, 1.54) is 6.08 Å².